The Balaban J connectivity index is 2.62. The molecule has 0 spiro atoms. The Hall–Kier alpha value is -0.680. The van der Waals surface area contributed by atoms with Crippen molar-refractivity contribution in [3.05, 3.63) is 34.9 Å². The van der Waals surface area contributed by atoms with Gasteiger partial charge in [0, 0.05) is 10.6 Å². The van der Waals surface area contributed by atoms with Gasteiger partial charge in [0.15, 0.2) is 5.78 Å². The molecular formula is C9H6ClF3OS. The van der Waals surface area contributed by atoms with Crippen LogP contribution in [0.1, 0.15) is 10.4 Å². The van der Waals surface area contributed by atoms with E-state index in [1.165, 1.54) is 18.2 Å². The maximum Gasteiger partial charge on any atom is 0.442 e. The molecule has 15 heavy (non-hydrogen) atoms. The van der Waals surface area contributed by atoms with E-state index >= 15 is 0 Å². The molecule has 0 saturated heterocycles. The average molecular weight is 255 g/mol. The number of hydrogen-bond donors (Lipinski definition) is 0. The predicted molar refractivity (Wildman–Crippen MR) is 54.3 cm³/mol. The first-order valence-electron chi connectivity index (χ1n) is 3.88. The van der Waals surface area contributed by atoms with E-state index in [1.54, 1.807) is 6.07 Å². The topological polar surface area (TPSA) is 17.1 Å². The summed E-state index contributed by atoms with van der Waals surface area (Å²) in [6.07, 6.45) is 0. The van der Waals surface area contributed by atoms with Crippen molar-refractivity contribution in [2.24, 2.45) is 0 Å². The minimum absolute atomic E-state index is 0.194. The molecule has 1 nitrogen and oxygen atoms in total. The third-order valence-electron chi connectivity index (χ3n) is 1.51. The number of thioether (sulfide) groups is 1. The molecule has 82 valence electrons. The predicted octanol–water partition coefficient (Wildman–Crippen LogP) is 3.78. The van der Waals surface area contributed by atoms with Crippen LogP contribution in [0.3, 0.4) is 0 Å². The van der Waals surface area contributed by atoms with Gasteiger partial charge in [-0.05, 0) is 23.9 Å². The van der Waals surface area contributed by atoms with Crippen LogP contribution in [-0.2, 0) is 0 Å². The van der Waals surface area contributed by atoms with Crippen LogP contribution in [0.25, 0.3) is 0 Å². The van der Waals surface area contributed by atoms with Crippen LogP contribution in [0.2, 0.25) is 5.02 Å². The van der Waals surface area contributed by atoms with E-state index in [4.69, 9.17) is 11.6 Å². The fourth-order valence-corrected chi connectivity index (χ4v) is 1.54. The Labute approximate surface area is 93.6 Å². The van der Waals surface area contributed by atoms with Gasteiger partial charge in [0.05, 0.1) is 5.75 Å². The smallest absolute Gasteiger partial charge is 0.293 e. The summed E-state index contributed by atoms with van der Waals surface area (Å²) in [5, 5.41) is 0.331. The summed E-state index contributed by atoms with van der Waals surface area (Å²) in [6, 6.07) is 5.86. The zero-order chi connectivity index (χ0) is 11.5. The molecule has 0 radical (unpaired) electrons. The number of halogens is 4. The van der Waals surface area contributed by atoms with Crippen molar-refractivity contribution in [2.75, 3.05) is 5.75 Å². The summed E-state index contributed by atoms with van der Waals surface area (Å²) in [4.78, 5) is 11.3. The van der Waals surface area contributed by atoms with E-state index < -0.39 is 17.0 Å². The van der Waals surface area contributed by atoms with Crippen LogP contribution in [0.4, 0.5) is 13.2 Å². The van der Waals surface area contributed by atoms with Crippen molar-refractivity contribution in [1.82, 2.24) is 0 Å². The van der Waals surface area contributed by atoms with Gasteiger partial charge < -0.3 is 0 Å². The highest BCUT2D eigenvalue weighted by Gasteiger charge is 2.29. The number of carbonyl (C=O) groups is 1. The summed E-state index contributed by atoms with van der Waals surface area (Å²) >= 11 is 5.25. The normalized spacial score (nSPS) is 11.5. The number of benzene rings is 1. The Kier molecular flexibility index (Phi) is 4.04. The van der Waals surface area contributed by atoms with Gasteiger partial charge in [-0.2, -0.15) is 13.2 Å². The summed E-state index contributed by atoms with van der Waals surface area (Å²) in [5.41, 5.74) is -4.19. The molecule has 0 N–H and O–H groups in total. The van der Waals surface area contributed by atoms with Gasteiger partial charge in [0.2, 0.25) is 0 Å². The molecular weight excluding hydrogens is 249 g/mol. The number of ketones is 1. The molecule has 1 aromatic carbocycles. The van der Waals surface area contributed by atoms with Crippen LogP contribution in [-0.4, -0.2) is 17.0 Å². The Morgan fingerprint density at radius 3 is 2.60 bits per heavy atom. The summed E-state index contributed by atoms with van der Waals surface area (Å²) in [7, 11) is 0. The molecule has 0 saturated carbocycles. The molecule has 6 heteroatoms. The molecule has 0 atom stereocenters. The van der Waals surface area contributed by atoms with E-state index in [-0.39, 0.29) is 17.3 Å². The molecule has 0 aliphatic heterocycles. The van der Waals surface area contributed by atoms with Gasteiger partial charge >= 0.3 is 5.51 Å². The second-order valence-corrected chi connectivity index (χ2v) is 4.14. The molecule has 0 unspecified atom stereocenters. The van der Waals surface area contributed by atoms with Gasteiger partial charge in [0.25, 0.3) is 0 Å². The van der Waals surface area contributed by atoms with Gasteiger partial charge in [-0.1, -0.05) is 23.7 Å². The largest absolute Gasteiger partial charge is 0.442 e. The number of Topliss-reactive ketones (excluding diaryl/α,β-unsaturated/α-hetero) is 1. The molecule has 0 fully saturated rings. The van der Waals surface area contributed by atoms with Crippen molar-refractivity contribution in [2.45, 2.75) is 5.51 Å². The zero-order valence-corrected chi connectivity index (χ0v) is 8.92. The fourth-order valence-electron chi connectivity index (χ4n) is 0.893. The van der Waals surface area contributed by atoms with E-state index in [1.807, 2.05) is 0 Å². The number of carbonyl (C=O) groups excluding carboxylic acids is 1. The average Bonchev–Trinajstić information content (AvgIpc) is 2.13. The van der Waals surface area contributed by atoms with E-state index in [2.05, 4.69) is 0 Å². The third kappa shape index (κ3) is 4.57. The van der Waals surface area contributed by atoms with E-state index in [0.29, 0.717) is 5.02 Å². The molecule has 1 aromatic rings. The van der Waals surface area contributed by atoms with Crippen molar-refractivity contribution in [3.8, 4) is 0 Å². The second-order valence-electron chi connectivity index (χ2n) is 2.67. The highest BCUT2D eigenvalue weighted by molar-refractivity contribution is 8.00. The van der Waals surface area contributed by atoms with Crippen molar-refractivity contribution >= 4 is 29.1 Å². The molecule has 0 heterocycles. The molecule has 0 aromatic heterocycles. The minimum atomic E-state index is -4.38. The zero-order valence-electron chi connectivity index (χ0n) is 7.34. The van der Waals surface area contributed by atoms with E-state index in [0.717, 1.165) is 0 Å². The van der Waals surface area contributed by atoms with Crippen LogP contribution in [0.15, 0.2) is 24.3 Å². The quantitative estimate of drug-likeness (QED) is 0.764. The number of rotatable bonds is 3. The maximum absolute atomic E-state index is 11.8. The van der Waals surface area contributed by atoms with Gasteiger partial charge in [-0.3, -0.25) is 4.79 Å². The van der Waals surface area contributed by atoms with Crippen molar-refractivity contribution < 1.29 is 18.0 Å². The first kappa shape index (κ1) is 12.4. The third-order valence-corrected chi connectivity index (χ3v) is 2.48. The first-order chi connectivity index (χ1) is 6.88. The van der Waals surface area contributed by atoms with Gasteiger partial charge in [0.1, 0.15) is 0 Å². The van der Waals surface area contributed by atoms with Crippen molar-refractivity contribution in [1.29, 1.82) is 0 Å². The fraction of sp³-hybridized carbons (Fsp3) is 0.222. The maximum atomic E-state index is 11.8. The highest BCUT2D eigenvalue weighted by atomic mass is 35.5. The summed E-state index contributed by atoms with van der Waals surface area (Å²) in [5.74, 6) is -1.20. The minimum Gasteiger partial charge on any atom is -0.293 e. The molecule has 0 aliphatic rings. The van der Waals surface area contributed by atoms with Crippen LogP contribution in [0, 0.1) is 0 Å². The highest BCUT2D eigenvalue weighted by Crippen LogP contribution is 2.30. The van der Waals surface area contributed by atoms with E-state index in [9.17, 15) is 18.0 Å². The lowest BCUT2D eigenvalue weighted by Crippen LogP contribution is -2.09. The van der Waals surface area contributed by atoms with Crippen LogP contribution < -0.4 is 0 Å². The van der Waals surface area contributed by atoms with Crippen molar-refractivity contribution in [3.63, 3.8) is 0 Å². The molecule has 0 aliphatic carbocycles. The second kappa shape index (κ2) is 4.90. The standard InChI is InChI=1S/C9H6ClF3OS/c10-7-3-1-2-6(4-7)8(14)5-15-9(11,12)13/h1-4H,5H2. The van der Waals surface area contributed by atoms with Gasteiger partial charge in [-0.25, -0.2) is 0 Å². The van der Waals surface area contributed by atoms with Crippen LogP contribution in [0.5, 0.6) is 0 Å². The monoisotopic (exact) mass is 254 g/mol. The lowest BCUT2D eigenvalue weighted by Gasteiger charge is -2.04. The number of hydrogen-bond acceptors (Lipinski definition) is 2. The Bertz CT molecular complexity index is 365. The van der Waals surface area contributed by atoms with Gasteiger partial charge in [-0.15, -0.1) is 0 Å². The summed E-state index contributed by atoms with van der Waals surface area (Å²) < 4.78 is 35.4. The van der Waals surface area contributed by atoms with Crippen LogP contribution >= 0.6 is 23.4 Å². The number of alkyl halides is 3. The Morgan fingerprint density at radius 1 is 1.40 bits per heavy atom. The molecule has 1 rings (SSSR count). The summed E-state index contributed by atoms with van der Waals surface area (Å²) in [6.45, 7) is 0. The first-order valence-corrected chi connectivity index (χ1v) is 5.24. The molecule has 0 bridgehead atoms. The lowest BCUT2D eigenvalue weighted by atomic mass is 10.1. The SMILES string of the molecule is O=C(CSC(F)(F)F)c1cccc(Cl)c1. The Morgan fingerprint density at radius 2 is 2.07 bits per heavy atom. The lowest BCUT2D eigenvalue weighted by molar-refractivity contribution is -0.0327. The molecule has 0 amide bonds.